The Labute approximate surface area is 194 Å². The molecule has 0 saturated carbocycles. The van der Waals surface area contributed by atoms with Crippen LogP contribution >= 0.6 is 0 Å². The number of nitrogens with one attached hydrogen (secondary N) is 1. The second-order valence-corrected chi connectivity index (χ2v) is 9.50. The molecule has 3 amide bonds. The number of imide groups is 1. The Bertz CT molecular complexity index is 1020. The summed E-state index contributed by atoms with van der Waals surface area (Å²) < 4.78 is 5.48. The van der Waals surface area contributed by atoms with Gasteiger partial charge in [0, 0.05) is 6.42 Å². The topological polar surface area (TPSA) is 92.8 Å². The fourth-order valence-corrected chi connectivity index (χ4v) is 3.74. The minimum atomic E-state index is -1.12. The Balaban J connectivity index is 1.93. The first kappa shape index (κ1) is 24.2. The van der Waals surface area contributed by atoms with E-state index in [1.54, 1.807) is 58.9 Å². The first-order chi connectivity index (χ1) is 15.5. The van der Waals surface area contributed by atoms with Gasteiger partial charge in [-0.1, -0.05) is 56.3 Å². The van der Waals surface area contributed by atoms with E-state index in [2.05, 4.69) is 5.32 Å². The normalized spacial score (nSPS) is 15.3. The van der Waals surface area contributed by atoms with Crippen molar-refractivity contribution in [3.63, 3.8) is 0 Å². The van der Waals surface area contributed by atoms with E-state index in [0.717, 1.165) is 10.5 Å². The van der Waals surface area contributed by atoms with Crippen LogP contribution < -0.4 is 5.32 Å². The molecule has 2 unspecified atom stereocenters. The van der Waals surface area contributed by atoms with Crippen LogP contribution in [0.5, 0.6) is 0 Å². The van der Waals surface area contributed by atoms with Gasteiger partial charge in [0.2, 0.25) is 5.91 Å². The molecule has 0 fully saturated rings. The van der Waals surface area contributed by atoms with Crippen molar-refractivity contribution in [3.8, 4) is 0 Å². The maximum atomic E-state index is 13.5. The zero-order valence-electron chi connectivity index (χ0n) is 19.6. The molecular formula is C26H30N2O5. The summed E-state index contributed by atoms with van der Waals surface area (Å²) in [5.74, 6) is -2.46. The first-order valence-corrected chi connectivity index (χ1v) is 11.0. The molecule has 7 heteroatoms. The molecule has 0 radical (unpaired) electrons. The van der Waals surface area contributed by atoms with E-state index in [1.807, 2.05) is 30.3 Å². The molecule has 1 N–H and O–H groups in total. The van der Waals surface area contributed by atoms with Gasteiger partial charge in [0.15, 0.2) is 0 Å². The highest BCUT2D eigenvalue weighted by molar-refractivity contribution is 6.22. The van der Waals surface area contributed by atoms with Gasteiger partial charge in [0.25, 0.3) is 11.8 Å². The average molecular weight is 451 g/mol. The van der Waals surface area contributed by atoms with Gasteiger partial charge in [-0.2, -0.15) is 0 Å². The molecule has 0 aliphatic carbocycles. The van der Waals surface area contributed by atoms with E-state index >= 15 is 0 Å². The van der Waals surface area contributed by atoms with Crippen LogP contribution in [0.1, 0.15) is 60.9 Å². The van der Waals surface area contributed by atoms with Crippen molar-refractivity contribution < 1.29 is 23.9 Å². The van der Waals surface area contributed by atoms with E-state index in [9.17, 15) is 19.2 Å². The second-order valence-electron chi connectivity index (χ2n) is 9.50. The fourth-order valence-electron chi connectivity index (χ4n) is 3.74. The van der Waals surface area contributed by atoms with Crippen LogP contribution in [0.15, 0.2) is 54.6 Å². The molecule has 1 aliphatic heterocycles. The number of fused-ring (bicyclic) bond motifs is 1. The Hall–Kier alpha value is -3.48. The maximum absolute atomic E-state index is 13.5. The monoisotopic (exact) mass is 450 g/mol. The Kier molecular flexibility index (Phi) is 7.01. The van der Waals surface area contributed by atoms with E-state index in [1.165, 1.54) is 0 Å². The van der Waals surface area contributed by atoms with Gasteiger partial charge >= 0.3 is 5.97 Å². The number of benzene rings is 2. The highest BCUT2D eigenvalue weighted by Crippen LogP contribution is 2.26. The van der Waals surface area contributed by atoms with Crippen molar-refractivity contribution in [1.82, 2.24) is 10.2 Å². The van der Waals surface area contributed by atoms with Gasteiger partial charge < -0.3 is 10.1 Å². The average Bonchev–Trinajstić information content (AvgIpc) is 3.00. The van der Waals surface area contributed by atoms with Crippen LogP contribution in [0.3, 0.4) is 0 Å². The lowest BCUT2D eigenvalue weighted by molar-refractivity contribution is -0.160. The third-order valence-corrected chi connectivity index (χ3v) is 5.34. The second kappa shape index (κ2) is 9.57. The van der Waals surface area contributed by atoms with Gasteiger partial charge in [-0.3, -0.25) is 19.3 Å². The Morgan fingerprint density at radius 2 is 1.42 bits per heavy atom. The van der Waals surface area contributed by atoms with E-state index < -0.39 is 41.4 Å². The summed E-state index contributed by atoms with van der Waals surface area (Å²) in [7, 11) is 0. The molecule has 0 saturated heterocycles. The molecule has 0 bridgehead atoms. The van der Waals surface area contributed by atoms with Gasteiger partial charge in [-0.15, -0.1) is 0 Å². The van der Waals surface area contributed by atoms with Crippen molar-refractivity contribution >= 4 is 23.7 Å². The lowest BCUT2D eigenvalue weighted by atomic mass is 10.0. The third kappa shape index (κ3) is 5.48. The molecule has 174 valence electrons. The minimum absolute atomic E-state index is 0.122. The van der Waals surface area contributed by atoms with Gasteiger partial charge in [-0.25, -0.2) is 4.79 Å². The Morgan fingerprint density at radius 1 is 0.909 bits per heavy atom. The number of carbonyl (C=O) groups excluding carboxylic acids is 4. The zero-order valence-corrected chi connectivity index (χ0v) is 19.6. The number of carbonyl (C=O) groups is 4. The van der Waals surface area contributed by atoms with Crippen molar-refractivity contribution in [3.05, 3.63) is 71.3 Å². The van der Waals surface area contributed by atoms with E-state index in [4.69, 9.17) is 4.74 Å². The maximum Gasteiger partial charge on any atom is 0.329 e. The number of amides is 3. The zero-order chi connectivity index (χ0) is 24.3. The molecule has 2 atom stereocenters. The Morgan fingerprint density at radius 3 is 1.91 bits per heavy atom. The smallest absolute Gasteiger partial charge is 0.329 e. The highest BCUT2D eigenvalue weighted by atomic mass is 16.6. The molecule has 1 aliphatic rings. The summed E-state index contributed by atoms with van der Waals surface area (Å²) in [6.07, 6.45) is 0.122. The number of hydrogen-bond acceptors (Lipinski definition) is 5. The van der Waals surface area contributed by atoms with Crippen molar-refractivity contribution in [2.45, 2.75) is 58.7 Å². The van der Waals surface area contributed by atoms with Crippen LogP contribution in [0.2, 0.25) is 0 Å². The standard InChI is InChI=1S/C26H30N2O5/c1-16(2)21(25(32)33-26(3,4)5)27-22(29)20(15-17-11-7-6-8-12-17)28-23(30)18-13-9-10-14-19(18)24(28)31/h6-14,16,20-21H,15H2,1-5H3,(H,27,29). The van der Waals surface area contributed by atoms with Crippen molar-refractivity contribution in [2.24, 2.45) is 5.92 Å². The van der Waals surface area contributed by atoms with Crippen LogP contribution in [0.25, 0.3) is 0 Å². The minimum Gasteiger partial charge on any atom is -0.458 e. The van der Waals surface area contributed by atoms with Crippen molar-refractivity contribution in [1.29, 1.82) is 0 Å². The predicted molar refractivity (Wildman–Crippen MR) is 123 cm³/mol. The number of rotatable bonds is 7. The molecule has 3 rings (SSSR count). The summed E-state index contributed by atoms with van der Waals surface area (Å²) in [6.45, 7) is 8.84. The lowest BCUT2D eigenvalue weighted by Crippen LogP contribution is -2.56. The summed E-state index contributed by atoms with van der Waals surface area (Å²) in [4.78, 5) is 53.5. The molecular weight excluding hydrogens is 420 g/mol. The summed E-state index contributed by atoms with van der Waals surface area (Å²) in [5.41, 5.74) is 0.593. The predicted octanol–water partition coefficient (Wildman–Crippen LogP) is 3.38. The summed E-state index contributed by atoms with van der Waals surface area (Å²) >= 11 is 0. The molecule has 0 spiro atoms. The molecule has 0 aromatic heterocycles. The SMILES string of the molecule is CC(C)C(NC(=O)C(Cc1ccccc1)N1C(=O)c2ccccc2C1=O)C(=O)OC(C)(C)C. The van der Waals surface area contributed by atoms with Crippen LogP contribution in [-0.4, -0.2) is 46.3 Å². The van der Waals surface area contributed by atoms with Gasteiger partial charge in [-0.05, 0) is 44.4 Å². The number of ether oxygens (including phenoxy) is 1. The van der Waals surface area contributed by atoms with Crippen molar-refractivity contribution in [2.75, 3.05) is 0 Å². The van der Waals surface area contributed by atoms with E-state index in [-0.39, 0.29) is 23.5 Å². The number of esters is 1. The van der Waals surface area contributed by atoms with Gasteiger partial charge in [0.05, 0.1) is 11.1 Å². The van der Waals surface area contributed by atoms with Crippen LogP contribution in [0, 0.1) is 5.92 Å². The lowest BCUT2D eigenvalue weighted by Gasteiger charge is -2.30. The molecule has 2 aromatic carbocycles. The highest BCUT2D eigenvalue weighted by Gasteiger charge is 2.43. The quantitative estimate of drug-likeness (QED) is 0.516. The van der Waals surface area contributed by atoms with Gasteiger partial charge in [0.1, 0.15) is 17.7 Å². The molecule has 33 heavy (non-hydrogen) atoms. The third-order valence-electron chi connectivity index (χ3n) is 5.34. The number of hydrogen-bond donors (Lipinski definition) is 1. The van der Waals surface area contributed by atoms with Crippen LogP contribution in [-0.2, 0) is 20.7 Å². The molecule has 1 heterocycles. The number of nitrogens with zero attached hydrogens (tertiary/aromatic N) is 1. The van der Waals surface area contributed by atoms with E-state index in [0.29, 0.717) is 0 Å². The summed E-state index contributed by atoms with van der Waals surface area (Å²) in [6, 6.07) is 13.6. The fraction of sp³-hybridized carbons (Fsp3) is 0.385. The van der Waals surface area contributed by atoms with Crippen LogP contribution in [0.4, 0.5) is 0 Å². The largest absolute Gasteiger partial charge is 0.458 e. The molecule has 7 nitrogen and oxygen atoms in total. The first-order valence-electron chi connectivity index (χ1n) is 11.0. The molecule has 2 aromatic rings. The summed E-state index contributed by atoms with van der Waals surface area (Å²) in [5, 5.41) is 2.74.